The van der Waals surface area contributed by atoms with Gasteiger partial charge in [-0.1, -0.05) is 38.5 Å². The summed E-state index contributed by atoms with van der Waals surface area (Å²) >= 11 is 0. The third-order valence-electron chi connectivity index (χ3n) is 6.15. The Labute approximate surface area is 138 Å². The van der Waals surface area contributed by atoms with Gasteiger partial charge in [0, 0.05) is 5.57 Å². The van der Waals surface area contributed by atoms with Gasteiger partial charge in [-0.05, 0) is 66.5 Å². The molecule has 0 aliphatic heterocycles. The van der Waals surface area contributed by atoms with Crippen LogP contribution in [0.1, 0.15) is 69.6 Å². The first-order chi connectivity index (χ1) is 10.8. The Morgan fingerprint density at radius 3 is 2.61 bits per heavy atom. The lowest BCUT2D eigenvalue weighted by Gasteiger charge is -2.47. The van der Waals surface area contributed by atoms with E-state index in [0.29, 0.717) is 23.7 Å². The Morgan fingerprint density at radius 1 is 1.30 bits per heavy atom. The summed E-state index contributed by atoms with van der Waals surface area (Å²) in [6.45, 7) is 8.42. The van der Waals surface area contributed by atoms with Crippen molar-refractivity contribution >= 4 is 5.97 Å². The molecule has 3 heteroatoms. The molecule has 2 N–H and O–H groups in total. The molecule has 0 heterocycles. The van der Waals surface area contributed by atoms with Crippen LogP contribution in [-0.4, -0.2) is 16.2 Å². The van der Waals surface area contributed by atoms with Gasteiger partial charge in [0.25, 0.3) is 0 Å². The Balaban J connectivity index is 2.12. The number of phenolic OH excluding ortho intramolecular Hbond substituents is 1. The fourth-order valence-corrected chi connectivity index (χ4v) is 4.77. The Kier molecular flexibility index (Phi) is 3.78. The fraction of sp³-hybridized carbons (Fsp3) is 0.550. The van der Waals surface area contributed by atoms with Crippen molar-refractivity contribution in [2.24, 2.45) is 5.92 Å². The van der Waals surface area contributed by atoms with Gasteiger partial charge in [0.05, 0.1) is 0 Å². The zero-order valence-corrected chi connectivity index (χ0v) is 14.4. The second-order valence-electron chi connectivity index (χ2n) is 7.66. The van der Waals surface area contributed by atoms with Crippen LogP contribution >= 0.6 is 0 Å². The molecule has 0 saturated carbocycles. The first-order valence-electron chi connectivity index (χ1n) is 8.55. The van der Waals surface area contributed by atoms with Gasteiger partial charge in [-0.15, -0.1) is 0 Å². The van der Waals surface area contributed by atoms with E-state index in [4.69, 9.17) is 0 Å². The highest BCUT2D eigenvalue weighted by Gasteiger charge is 2.45. The maximum Gasteiger partial charge on any atom is 0.331 e. The number of allylic oxidation sites excluding steroid dienone is 1. The number of carboxylic acids is 1. The molecule has 1 aromatic carbocycles. The zero-order chi connectivity index (χ0) is 16.9. The van der Waals surface area contributed by atoms with E-state index in [1.165, 1.54) is 5.56 Å². The molecule has 3 rings (SSSR count). The van der Waals surface area contributed by atoms with Crippen molar-refractivity contribution in [3.63, 3.8) is 0 Å². The van der Waals surface area contributed by atoms with Crippen LogP contribution in [0.25, 0.3) is 0 Å². The van der Waals surface area contributed by atoms with Gasteiger partial charge in [0.1, 0.15) is 5.75 Å². The van der Waals surface area contributed by atoms with Crippen molar-refractivity contribution in [3.8, 4) is 5.75 Å². The number of aromatic hydroxyl groups is 1. The van der Waals surface area contributed by atoms with Crippen molar-refractivity contribution in [2.75, 3.05) is 0 Å². The van der Waals surface area contributed by atoms with Gasteiger partial charge in [0.15, 0.2) is 0 Å². The molecule has 0 aromatic heterocycles. The summed E-state index contributed by atoms with van der Waals surface area (Å²) in [7, 11) is 0. The molecule has 2 aliphatic rings. The lowest BCUT2D eigenvalue weighted by molar-refractivity contribution is -0.133. The van der Waals surface area contributed by atoms with Gasteiger partial charge in [-0.3, -0.25) is 0 Å². The quantitative estimate of drug-likeness (QED) is 0.843. The number of benzene rings is 1. The number of aliphatic carboxylic acids is 1. The first-order valence-corrected chi connectivity index (χ1v) is 8.55. The van der Waals surface area contributed by atoms with E-state index in [0.717, 1.165) is 36.0 Å². The average molecular weight is 314 g/mol. The van der Waals surface area contributed by atoms with Crippen molar-refractivity contribution in [2.45, 2.75) is 64.7 Å². The molecule has 0 bridgehead atoms. The van der Waals surface area contributed by atoms with Gasteiger partial charge in [0.2, 0.25) is 0 Å². The maximum absolute atomic E-state index is 11.5. The molecular formula is C20H26O3. The van der Waals surface area contributed by atoms with Crippen LogP contribution in [0.3, 0.4) is 0 Å². The Bertz CT molecular complexity index is 699. The highest BCUT2D eigenvalue weighted by Crippen LogP contribution is 2.53. The first kappa shape index (κ1) is 16.1. The maximum atomic E-state index is 11.5. The van der Waals surface area contributed by atoms with Gasteiger partial charge in [-0.2, -0.15) is 0 Å². The summed E-state index contributed by atoms with van der Waals surface area (Å²) in [5.74, 6) is 0.257. The van der Waals surface area contributed by atoms with E-state index >= 15 is 0 Å². The molecule has 0 spiro atoms. The summed E-state index contributed by atoms with van der Waals surface area (Å²) in [6.07, 6.45) is 3.19. The van der Waals surface area contributed by atoms with E-state index in [2.05, 4.69) is 32.9 Å². The van der Waals surface area contributed by atoms with E-state index < -0.39 is 5.97 Å². The normalized spacial score (nSPS) is 26.9. The third-order valence-corrected chi connectivity index (χ3v) is 6.15. The summed E-state index contributed by atoms with van der Waals surface area (Å²) in [5, 5.41) is 20.1. The molecule has 0 fully saturated rings. The molecule has 0 radical (unpaired) electrons. The number of rotatable bonds is 2. The van der Waals surface area contributed by atoms with Crippen LogP contribution in [0.4, 0.5) is 0 Å². The molecule has 124 valence electrons. The van der Waals surface area contributed by atoms with Gasteiger partial charge in [-0.25, -0.2) is 4.79 Å². The lowest BCUT2D eigenvalue weighted by atomic mass is 9.56. The number of hydrogen-bond acceptors (Lipinski definition) is 2. The standard InChI is InChI=1S/C20H26O3/c1-11(2)13-5-8-17-15(18(13)21)6-7-16-12(3)14(19(22)23)9-10-20(16,17)4/h5,8,11,16,21H,6-7,9-10H2,1-4H3,(H,22,23)/t16-,20+/m0/s1. The Morgan fingerprint density at radius 2 is 2.00 bits per heavy atom. The lowest BCUT2D eigenvalue weighted by Crippen LogP contribution is -2.41. The number of carboxylic acid groups (broad SMARTS) is 1. The van der Waals surface area contributed by atoms with Crippen LogP contribution in [0.2, 0.25) is 0 Å². The average Bonchev–Trinajstić information content (AvgIpc) is 2.47. The predicted octanol–water partition coefficient (Wildman–Crippen LogP) is 4.53. The summed E-state index contributed by atoms with van der Waals surface area (Å²) in [5.41, 5.74) is 4.88. The monoisotopic (exact) mass is 314 g/mol. The molecule has 0 saturated heterocycles. The fourth-order valence-electron chi connectivity index (χ4n) is 4.77. The molecule has 23 heavy (non-hydrogen) atoms. The molecule has 2 aliphatic carbocycles. The van der Waals surface area contributed by atoms with Crippen LogP contribution < -0.4 is 0 Å². The largest absolute Gasteiger partial charge is 0.507 e. The molecule has 0 amide bonds. The minimum absolute atomic E-state index is 0.0659. The number of hydrogen-bond donors (Lipinski definition) is 2. The van der Waals surface area contributed by atoms with Crippen molar-refractivity contribution in [1.82, 2.24) is 0 Å². The third kappa shape index (κ3) is 2.29. The van der Waals surface area contributed by atoms with Crippen LogP contribution in [-0.2, 0) is 16.6 Å². The number of phenols is 1. The summed E-state index contributed by atoms with van der Waals surface area (Å²) in [6, 6.07) is 4.23. The van der Waals surface area contributed by atoms with E-state index in [1.807, 2.05) is 6.92 Å². The second kappa shape index (κ2) is 5.40. The number of fused-ring (bicyclic) bond motifs is 3. The minimum Gasteiger partial charge on any atom is -0.507 e. The van der Waals surface area contributed by atoms with Crippen LogP contribution in [0.15, 0.2) is 23.3 Å². The SMILES string of the molecule is CC1=C(C(=O)O)CC[C@@]2(C)c3ccc(C(C)C)c(O)c3CC[C@@H]12. The van der Waals surface area contributed by atoms with Crippen molar-refractivity contribution in [3.05, 3.63) is 40.0 Å². The number of carbonyl (C=O) groups is 1. The summed E-state index contributed by atoms with van der Waals surface area (Å²) in [4.78, 5) is 11.5. The predicted molar refractivity (Wildman–Crippen MR) is 90.9 cm³/mol. The van der Waals surface area contributed by atoms with Crippen LogP contribution in [0, 0.1) is 5.92 Å². The topological polar surface area (TPSA) is 57.5 Å². The highest BCUT2D eigenvalue weighted by atomic mass is 16.4. The zero-order valence-electron chi connectivity index (χ0n) is 14.4. The second-order valence-corrected chi connectivity index (χ2v) is 7.66. The smallest absolute Gasteiger partial charge is 0.331 e. The molecular weight excluding hydrogens is 288 g/mol. The van der Waals surface area contributed by atoms with E-state index in [-0.39, 0.29) is 11.3 Å². The Hall–Kier alpha value is -1.77. The molecule has 1 aromatic rings. The molecule has 3 nitrogen and oxygen atoms in total. The van der Waals surface area contributed by atoms with E-state index in [9.17, 15) is 15.0 Å². The molecule has 2 atom stereocenters. The summed E-state index contributed by atoms with van der Waals surface area (Å²) < 4.78 is 0. The van der Waals surface area contributed by atoms with Gasteiger partial charge >= 0.3 is 5.97 Å². The van der Waals surface area contributed by atoms with Crippen LogP contribution in [0.5, 0.6) is 5.75 Å². The van der Waals surface area contributed by atoms with E-state index in [1.54, 1.807) is 0 Å². The molecule has 0 unspecified atom stereocenters. The highest BCUT2D eigenvalue weighted by molar-refractivity contribution is 5.88. The van der Waals surface area contributed by atoms with Gasteiger partial charge < -0.3 is 10.2 Å². The van der Waals surface area contributed by atoms with Crippen molar-refractivity contribution < 1.29 is 15.0 Å². The minimum atomic E-state index is -0.770. The van der Waals surface area contributed by atoms with Crippen molar-refractivity contribution in [1.29, 1.82) is 0 Å².